The second-order valence-corrected chi connectivity index (χ2v) is 5.24. The first kappa shape index (κ1) is 12.4. The van der Waals surface area contributed by atoms with Gasteiger partial charge in [-0.15, -0.1) is 0 Å². The summed E-state index contributed by atoms with van der Waals surface area (Å²) >= 11 is 0. The molecular weight excluding hydrogens is 234 g/mol. The van der Waals surface area contributed by atoms with Crippen molar-refractivity contribution in [1.29, 1.82) is 0 Å². The lowest BCUT2D eigenvalue weighted by Gasteiger charge is -2.11. The van der Waals surface area contributed by atoms with Crippen LogP contribution in [0.3, 0.4) is 0 Å². The fraction of sp³-hybridized carbons (Fsp3) is 0.438. The summed E-state index contributed by atoms with van der Waals surface area (Å²) in [6.07, 6.45) is 7.48. The summed E-state index contributed by atoms with van der Waals surface area (Å²) in [4.78, 5) is 4.52. The monoisotopic (exact) mass is 255 g/mol. The lowest BCUT2D eigenvalue weighted by molar-refractivity contribution is 0.590. The number of aromatic nitrogens is 2. The van der Waals surface area contributed by atoms with Gasteiger partial charge in [0.1, 0.15) is 5.82 Å². The largest absolute Gasteiger partial charge is 0.331 e. The van der Waals surface area contributed by atoms with Crippen molar-refractivity contribution >= 4 is 0 Å². The van der Waals surface area contributed by atoms with E-state index in [0.717, 1.165) is 18.8 Å². The van der Waals surface area contributed by atoms with Gasteiger partial charge < -0.3 is 9.88 Å². The van der Waals surface area contributed by atoms with Gasteiger partial charge in [0.05, 0.1) is 0 Å². The fourth-order valence-corrected chi connectivity index (χ4v) is 3.05. The summed E-state index contributed by atoms with van der Waals surface area (Å²) in [5.74, 6) is 1.09. The molecule has 0 amide bonds. The van der Waals surface area contributed by atoms with E-state index >= 15 is 0 Å². The Hall–Kier alpha value is -1.61. The molecule has 0 saturated heterocycles. The number of hydrogen-bond donors (Lipinski definition) is 1. The van der Waals surface area contributed by atoms with Crippen molar-refractivity contribution in [3.05, 3.63) is 41.7 Å². The number of fused-ring (bicyclic) bond motifs is 1. The highest BCUT2D eigenvalue weighted by Gasteiger charge is 2.21. The molecule has 3 rings (SSSR count). The molecule has 3 nitrogen and oxygen atoms in total. The van der Waals surface area contributed by atoms with Gasteiger partial charge in [-0.2, -0.15) is 0 Å². The molecule has 1 aliphatic carbocycles. The summed E-state index contributed by atoms with van der Waals surface area (Å²) in [7, 11) is 2.04. The van der Waals surface area contributed by atoms with Gasteiger partial charge in [0.25, 0.3) is 0 Å². The maximum absolute atomic E-state index is 4.52. The fourth-order valence-electron chi connectivity index (χ4n) is 3.05. The second kappa shape index (κ2) is 5.17. The Morgan fingerprint density at radius 3 is 3.11 bits per heavy atom. The van der Waals surface area contributed by atoms with Gasteiger partial charge in [-0.05, 0) is 43.5 Å². The van der Waals surface area contributed by atoms with Crippen molar-refractivity contribution in [2.75, 3.05) is 7.05 Å². The van der Waals surface area contributed by atoms with Crippen LogP contribution in [0.15, 0.2) is 30.6 Å². The molecule has 1 unspecified atom stereocenters. The van der Waals surface area contributed by atoms with E-state index in [1.807, 2.05) is 13.2 Å². The van der Waals surface area contributed by atoms with Crippen LogP contribution in [0, 0.1) is 0 Å². The first-order valence-corrected chi connectivity index (χ1v) is 7.15. The van der Waals surface area contributed by atoms with Crippen LogP contribution < -0.4 is 5.32 Å². The summed E-state index contributed by atoms with van der Waals surface area (Å²) in [6, 6.07) is 7.33. The standard InChI is InChI=1S/C16H21N3/c1-3-9-19-10-8-18-16(19)13-4-6-14-12(11-13)5-7-15(14)17-2/h4,6,8,10-11,15,17H,3,5,7,9H2,1-2H3. The van der Waals surface area contributed by atoms with Crippen molar-refractivity contribution in [2.24, 2.45) is 0 Å². The molecule has 1 atom stereocenters. The van der Waals surface area contributed by atoms with Gasteiger partial charge in [-0.3, -0.25) is 0 Å². The summed E-state index contributed by atoms with van der Waals surface area (Å²) < 4.78 is 2.24. The predicted molar refractivity (Wildman–Crippen MR) is 78.1 cm³/mol. The molecule has 0 bridgehead atoms. The molecule has 19 heavy (non-hydrogen) atoms. The SMILES string of the molecule is CCCn1ccnc1-c1ccc2c(c1)CCC2NC. The highest BCUT2D eigenvalue weighted by molar-refractivity contribution is 5.59. The van der Waals surface area contributed by atoms with Crippen LogP contribution in [-0.2, 0) is 13.0 Å². The Labute approximate surface area is 114 Å². The van der Waals surface area contributed by atoms with Gasteiger partial charge in [0.2, 0.25) is 0 Å². The minimum atomic E-state index is 0.527. The maximum Gasteiger partial charge on any atom is 0.139 e. The first-order chi connectivity index (χ1) is 9.33. The molecule has 1 heterocycles. The maximum atomic E-state index is 4.52. The Morgan fingerprint density at radius 1 is 1.42 bits per heavy atom. The van der Waals surface area contributed by atoms with Crippen molar-refractivity contribution in [3.63, 3.8) is 0 Å². The number of aryl methyl sites for hydroxylation is 2. The molecule has 100 valence electrons. The third-order valence-electron chi connectivity index (χ3n) is 4.01. The van der Waals surface area contributed by atoms with E-state index in [1.165, 1.54) is 29.5 Å². The van der Waals surface area contributed by atoms with E-state index in [9.17, 15) is 0 Å². The molecule has 0 fully saturated rings. The minimum Gasteiger partial charge on any atom is -0.331 e. The molecule has 0 radical (unpaired) electrons. The Kier molecular flexibility index (Phi) is 3.38. The lowest BCUT2D eigenvalue weighted by atomic mass is 10.0. The number of nitrogens with zero attached hydrogens (tertiary/aromatic N) is 2. The van der Waals surface area contributed by atoms with Crippen LogP contribution in [0.25, 0.3) is 11.4 Å². The van der Waals surface area contributed by atoms with Gasteiger partial charge in [-0.1, -0.05) is 19.1 Å². The minimum absolute atomic E-state index is 0.527. The molecule has 1 aromatic carbocycles. The van der Waals surface area contributed by atoms with Gasteiger partial charge in [-0.25, -0.2) is 4.98 Å². The van der Waals surface area contributed by atoms with Crippen LogP contribution in [-0.4, -0.2) is 16.6 Å². The van der Waals surface area contributed by atoms with E-state index in [-0.39, 0.29) is 0 Å². The molecule has 3 heteroatoms. The van der Waals surface area contributed by atoms with E-state index in [2.05, 4.69) is 46.2 Å². The van der Waals surface area contributed by atoms with E-state index in [4.69, 9.17) is 0 Å². The number of hydrogen-bond acceptors (Lipinski definition) is 2. The number of imidazole rings is 1. The zero-order valence-electron chi connectivity index (χ0n) is 11.7. The average molecular weight is 255 g/mol. The zero-order chi connectivity index (χ0) is 13.2. The number of rotatable bonds is 4. The van der Waals surface area contributed by atoms with E-state index < -0.39 is 0 Å². The molecular formula is C16H21N3. The Morgan fingerprint density at radius 2 is 2.32 bits per heavy atom. The van der Waals surface area contributed by atoms with Gasteiger partial charge in [0, 0.05) is 30.5 Å². The highest BCUT2D eigenvalue weighted by atomic mass is 15.1. The number of benzene rings is 1. The van der Waals surface area contributed by atoms with Crippen LogP contribution in [0.1, 0.15) is 36.9 Å². The quantitative estimate of drug-likeness (QED) is 0.909. The van der Waals surface area contributed by atoms with Crippen molar-refractivity contribution < 1.29 is 0 Å². The second-order valence-electron chi connectivity index (χ2n) is 5.24. The molecule has 0 aliphatic heterocycles. The highest BCUT2D eigenvalue weighted by Crippen LogP contribution is 2.33. The van der Waals surface area contributed by atoms with Crippen LogP contribution >= 0.6 is 0 Å². The van der Waals surface area contributed by atoms with Gasteiger partial charge in [0.15, 0.2) is 0 Å². The topological polar surface area (TPSA) is 29.9 Å². The first-order valence-electron chi connectivity index (χ1n) is 7.15. The third kappa shape index (κ3) is 2.19. The van der Waals surface area contributed by atoms with Crippen molar-refractivity contribution in [3.8, 4) is 11.4 Å². The smallest absolute Gasteiger partial charge is 0.139 e. The average Bonchev–Trinajstić information content (AvgIpc) is 3.04. The lowest BCUT2D eigenvalue weighted by Crippen LogP contribution is -2.12. The Balaban J connectivity index is 1.96. The van der Waals surface area contributed by atoms with Crippen molar-refractivity contribution in [1.82, 2.24) is 14.9 Å². The van der Waals surface area contributed by atoms with Crippen LogP contribution in [0.4, 0.5) is 0 Å². The molecule has 2 aromatic rings. The zero-order valence-corrected chi connectivity index (χ0v) is 11.7. The predicted octanol–water partition coefficient (Wildman–Crippen LogP) is 3.17. The summed E-state index contributed by atoms with van der Waals surface area (Å²) in [5, 5.41) is 3.39. The normalized spacial score (nSPS) is 17.7. The summed E-state index contributed by atoms with van der Waals surface area (Å²) in [5.41, 5.74) is 4.18. The third-order valence-corrected chi connectivity index (χ3v) is 4.01. The number of nitrogens with one attached hydrogen (secondary N) is 1. The van der Waals surface area contributed by atoms with Crippen LogP contribution in [0.5, 0.6) is 0 Å². The molecule has 1 N–H and O–H groups in total. The van der Waals surface area contributed by atoms with E-state index in [1.54, 1.807) is 0 Å². The molecule has 0 spiro atoms. The molecule has 1 aliphatic rings. The van der Waals surface area contributed by atoms with Crippen molar-refractivity contribution in [2.45, 2.75) is 38.8 Å². The molecule has 1 aromatic heterocycles. The van der Waals surface area contributed by atoms with Crippen LogP contribution in [0.2, 0.25) is 0 Å². The van der Waals surface area contributed by atoms with Gasteiger partial charge >= 0.3 is 0 Å². The Bertz CT molecular complexity index is 571. The molecule has 0 saturated carbocycles. The summed E-state index contributed by atoms with van der Waals surface area (Å²) in [6.45, 7) is 3.23. The van der Waals surface area contributed by atoms with E-state index in [0.29, 0.717) is 6.04 Å².